The van der Waals surface area contributed by atoms with E-state index in [1.165, 1.54) is 30.7 Å². The summed E-state index contributed by atoms with van der Waals surface area (Å²) >= 11 is 0. The van der Waals surface area contributed by atoms with Crippen molar-refractivity contribution in [2.45, 2.75) is 33.5 Å². The van der Waals surface area contributed by atoms with Crippen LogP contribution in [0.3, 0.4) is 0 Å². The molecule has 0 aliphatic heterocycles. The fourth-order valence-electron chi connectivity index (χ4n) is 2.51. The molecule has 0 bridgehead atoms. The first kappa shape index (κ1) is 25.7. The summed E-state index contributed by atoms with van der Waals surface area (Å²) in [6, 6.07) is 2.98. The fourth-order valence-corrected chi connectivity index (χ4v) is 2.51. The Bertz CT molecular complexity index is 967. The van der Waals surface area contributed by atoms with Gasteiger partial charge in [-0.25, -0.2) is 4.98 Å². The van der Waals surface area contributed by atoms with Crippen LogP contribution in [-0.2, 0) is 6.54 Å². The van der Waals surface area contributed by atoms with Gasteiger partial charge in [-0.15, -0.1) is 0 Å². The number of halogens is 3. The molecule has 2 aromatic rings. The molecule has 2 heterocycles. The van der Waals surface area contributed by atoms with Gasteiger partial charge in [-0.05, 0) is 30.5 Å². The third-order valence-corrected chi connectivity index (χ3v) is 3.96. The Morgan fingerprint density at radius 1 is 1.27 bits per heavy atom. The van der Waals surface area contributed by atoms with Crippen LogP contribution < -0.4 is 25.8 Å². The fraction of sp³-hybridized carbons (Fsp3) is 0.429. The molecule has 0 unspecified atom stereocenters. The number of pyridine rings is 2. The molecule has 33 heavy (non-hydrogen) atoms. The number of carbonyl (C=O) groups excluding carboxylic acids is 1. The van der Waals surface area contributed by atoms with Gasteiger partial charge in [0.15, 0.2) is 18.3 Å². The Hall–Kier alpha value is -3.57. The van der Waals surface area contributed by atoms with Crippen molar-refractivity contribution in [3.05, 3.63) is 41.9 Å². The van der Waals surface area contributed by atoms with Crippen LogP contribution in [0.25, 0.3) is 0 Å². The Kier molecular flexibility index (Phi) is 9.25. The van der Waals surface area contributed by atoms with Gasteiger partial charge in [-0.2, -0.15) is 13.2 Å². The molecular formula is C21H27F3N6O3. The Morgan fingerprint density at radius 2 is 2.03 bits per heavy atom. The van der Waals surface area contributed by atoms with Crippen molar-refractivity contribution in [3.8, 4) is 11.6 Å². The highest BCUT2D eigenvalue weighted by molar-refractivity contribution is 6.03. The first-order valence-corrected chi connectivity index (χ1v) is 10.2. The van der Waals surface area contributed by atoms with E-state index in [9.17, 15) is 18.0 Å². The molecule has 1 amide bonds. The average Bonchev–Trinajstić information content (AvgIpc) is 2.75. The number of guanidine groups is 1. The number of rotatable bonds is 10. The normalized spacial score (nSPS) is 11.9. The molecule has 0 saturated carbocycles. The van der Waals surface area contributed by atoms with E-state index in [1.54, 1.807) is 6.92 Å². The molecule has 4 N–H and O–H groups in total. The Morgan fingerprint density at radius 3 is 2.70 bits per heavy atom. The lowest BCUT2D eigenvalue weighted by Gasteiger charge is -2.14. The summed E-state index contributed by atoms with van der Waals surface area (Å²) in [5.74, 6) is -0.171. The highest BCUT2D eigenvalue weighted by Crippen LogP contribution is 2.27. The largest absolute Gasteiger partial charge is 0.488 e. The summed E-state index contributed by atoms with van der Waals surface area (Å²) in [6.07, 6.45) is -0.287. The van der Waals surface area contributed by atoms with E-state index in [2.05, 4.69) is 25.6 Å². The number of hydrogen-bond donors (Lipinski definition) is 3. The number of nitrogens with one attached hydrogen (secondary N) is 2. The van der Waals surface area contributed by atoms with Gasteiger partial charge in [-0.1, -0.05) is 13.8 Å². The summed E-state index contributed by atoms with van der Waals surface area (Å²) in [5, 5.41) is 5.59. The van der Waals surface area contributed by atoms with Gasteiger partial charge in [-0.3, -0.25) is 14.8 Å². The Balaban J connectivity index is 2.08. The summed E-state index contributed by atoms with van der Waals surface area (Å²) in [6.45, 7) is 4.96. The van der Waals surface area contributed by atoms with Crippen LogP contribution in [0.5, 0.6) is 11.6 Å². The monoisotopic (exact) mass is 468 g/mol. The molecule has 0 aromatic carbocycles. The summed E-state index contributed by atoms with van der Waals surface area (Å²) < 4.78 is 47.3. The van der Waals surface area contributed by atoms with Gasteiger partial charge < -0.3 is 25.8 Å². The van der Waals surface area contributed by atoms with E-state index >= 15 is 0 Å². The van der Waals surface area contributed by atoms with Crippen LogP contribution in [0, 0.1) is 5.92 Å². The summed E-state index contributed by atoms with van der Waals surface area (Å²) in [4.78, 5) is 24.8. The lowest BCUT2D eigenvalue weighted by atomic mass is 10.2. The van der Waals surface area contributed by atoms with Crippen LogP contribution in [-0.4, -0.2) is 47.8 Å². The van der Waals surface area contributed by atoms with Crippen LogP contribution in [0.15, 0.2) is 35.7 Å². The van der Waals surface area contributed by atoms with Crippen molar-refractivity contribution < 1.29 is 27.4 Å². The molecule has 0 saturated heterocycles. The number of ether oxygens (including phenoxy) is 2. The maximum Gasteiger partial charge on any atom is 0.422 e. The van der Waals surface area contributed by atoms with Gasteiger partial charge in [0.1, 0.15) is 0 Å². The van der Waals surface area contributed by atoms with E-state index in [1.807, 2.05) is 13.8 Å². The van der Waals surface area contributed by atoms with Crippen LogP contribution >= 0.6 is 0 Å². The van der Waals surface area contributed by atoms with Gasteiger partial charge in [0.2, 0.25) is 0 Å². The van der Waals surface area contributed by atoms with Crippen molar-refractivity contribution in [1.82, 2.24) is 15.3 Å². The molecule has 2 aromatic heterocycles. The van der Waals surface area contributed by atoms with Gasteiger partial charge >= 0.3 is 6.18 Å². The highest BCUT2D eigenvalue weighted by atomic mass is 19.4. The van der Waals surface area contributed by atoms with Crippen molar-refractivity contribution in [2.24, 2.45) is 16.6 Å². The lowest BCUT2D eigenvalue weighted by molar-refractivity contribution is -0.154. The molecule has 0 atom stereocenters. The zero-order chi connectivity index (χ0) is 24.4. The number of hydrogen-bond acceptors (Lipinski definition) is 6. The molecule has 2 rings (SSSR count). The SMILES string of the molecule is CCOc1cc(CNC(=O)c2ccncc2NC(N)=NCC(C)C)cnc1OCC(F)(F)F. The van der Waals surface area contributed by atoms with Crippen LogP contribution in [0.2, 0.25) is 0 Å². The van der Waals surface area contributed by atoms with Crippen molar-refractivity contribution >= 4 is 17.6 Å². The molecule has 0 aliphatic rings. The average molecular weight is 468 g/mol. The zero-order valence-corrected chi connectivity index (χ0v) is 18.6. The van der Waals surface area contributed by atoms with E-state index in [0.717, 1.165) is 0 Å². The number of amides is 1. The van der Waals surface area contributed by atoms with E-state index in [4.69, 9.17) is 15.2 Å². The van der Waals surface area contributed by atoms with Crippen molar-refractivity contribution in [2.75, 3.05) is 25.1 Å². The first-order valence-electron chi connectivity index (χ1n) is 10.2. The lowest BCUT2D eigenvalue weighted by Crippen LogP contribution is -2.28. The molecular weight excluding hydrogens is 441 g/mol. The summed E-state index contributed by atoms with van der Waals surface area (Å²) in [5.41, 5.74) is 7.05. The third-order valence-electron chi connectivity index (χ3n) is 3.96. The van der Waals surface area contributed by atoms with E-state index in [-0.39, 0.29) is 36.3 Å². The topological polar surface area (TPSA) is 124 Å². The quantitative estimate of drug-likeness (QED) is 0.362. The molecule has 180 valence electrons. The molecule has 9 nitrogen and oxygen atoms in total. The second-order valence-corrected chi connectivity index (χ2v) is 7.33. The van der Waals surface area contributed by atoms with E-state index < -0.39 is 18.7 Å². The molecule has 0 spiro atoms. The number of aliphatic imine (C=N–C) groups is 1. The standard InChI is InChI=1S/C21H27F3N6O3/c1-4-32-17-7-14(10-28-19(17)33-12-21(22,23)24)9-27-18(31)15-5-6-26-11-16(15)30-20(25)29-8-13(2)3/h5-7,10-11,13H,4,8-9,12H2,1-3H3,(H,27,31)(H3,25,29,30). The minimum Gasteiger partial charge on any atom is -0.488 e. The first-order chi connectivity index (χ1) is 15.6. The number of carbonyl (C=O) groups is 1. The second-order valence-electron chi connectivity index (χ2n) is 7.33. The number of alkyl halides is 3. The van der Waals surface area contributed by atoms with E-state index in [0.29, 0.717) is 23.7 Å². The predicted octanol–water partition coefficient (Wildman–Crippen LogP) is 3.13. The molecule has 12 heteroatoms. The molecule has 0 radical (unpaired) electrons. The molecule has 0 aliphatic carbocycles. The van der Waals surface area contributed by atoms with Gasteiger partial charge in [0.05, 0.1) is 24.1 Å². The second kappa shape index (κ2) is 11.9. The smallest absolute Gasteiger partial charge is 0.422 e. The number of nitrogens with two attached hydrogens (primary N) is 1. The zero-order valence-electron chi connectivity index (χ0n) is 18.6. The van der Waals surface area contributed by atoms with Crippen molar-refractivity contribution in [1.29, 1.82) is 0 Å². The van der Waals surface area contributed by atoms with Crippen molar-refractivity contribution in [3.63, 3.8) is 0 Å². The predicted molar refractivity (Wildman–Crippen MR) is 117 cm³/mol. The maximum absolute atomic E-state index is 12.7. The molecule has 0 fully saturated rings. The number of anilines is 1. The van der Waals surface area contributed by atoms with Crippen LogP contribution in [0.4, 0.5) is 18.9 Å². The van der Waals surface area contributed by atoms with Gasteiger partial charge in [0.25, 0.3) is 11.8 Å². The number of aromatic nitrogens is 2. The minimum atomic E-state index is -4.50. The van der Waals surface area contributed by atoms with Crippen LogP contribution in [0.1, 0.15) is 36.7 Å². The number of nitrogens with zero attached hydrogens (tertiary/aromatic N) is 3. The third kappa shape index (κ3) is 8.83. The highest BCUT2D eigenvalue weighted by Gasteiger charge is 2.29. The summed E-state index contributed by atoms with van der Waals surface area (Å²) in [7, 11) is 0. The Labute approximate surface area is 189 Å². The minimum absolute atomic E-state index is 0.0458. The maximum atomic E-state index is 12.7. The van der Waals surface area contributed by atoms with Gasteiger partial charge in [0, 0.05) is 25.5 Å².